The first-order valence-corrected chi connectivity index (χ1v) is 29.1. The number of primary amides is 1. The second kappa shape index (κ2) is 29.4. The van der Waals surface area contributed by atoms with E-state index < -0.39 is 176 Å². The summed E-state index contributed by atoms with van der Waals surface area (Å²) in [5.74, 6) is -12.2. The standard InChI is InChI=1S/C58H75N11O18/c1-30(56(84)68-24-8-13-44(68)58(86)67-23-7-12-43(67)53(81)63-40(17-20-47(74)75)51(79)62-39(50(59)78)16-19-46(72)73)61-55(83)49(31(2)70)65-54(82)45-27-36(87-60-28-33-14-15-38-35(25-33)26-34-9-4-5-10-37(34)38)29-69(45)57(85)41(18-21-48(76)77)64-52(80)42-11-6-22-66(42)32(3)71/h4-5,9-10,14-15,25,28,30-31,36,39-45,49,70H,6-8,11-13,16-24,26-27,29H2,1-3H3,(H2,59,78)(H,61,83)(H,62,79)(H,63,81)(H,64,80)(H,65,82)(H,72,73)(H,74,75)(H,76,77)/b60-28+/t30-,31+,36+,39-,40-,41-,42-,43-,44-,45-,49-/m0/s1. The number of aliphatic carboxylic acids is 3. The van der Waals surface area contributed by atoms with Crippen molar-refractivity contribution >= 4 is 83.2 Å². The number of hydrogen-bond donors (Lipinski definition) is 10. The van der Waals surface area contributed by atoms with Crippen LogP contribution in [0, 0.1) is 0 Å². The number of aliphatic hydroxyl groups is 1. The maximum Gasteiger partial charge on any atom is 0.303 e. The highest BCUT2D eigenvalue weighted by atomic mass is 16.6. The van der Waals surface area contributed by atoms with Gasteiger partial charge in [0, 0.05) is 52.2 Å². The first kappa shape index (κ1) is 65.5. The number of likely N-dealkylation sites (tertiary alicyclic amines) is 4. The molecule has 87 heavy (non-hydrogen) atoms. The minimum absolute atomic E-state index is 0.0432. The molecule has 11 atom stereocenters. The maximum atomic E-state index is 14.7. The van der Waals surface area contributed by atoms with Crippen LogP contribution in [0.15, 0.2) is 47.6 Å². The van der Waals surface area contributed by atoms with E-state index in [0.717, 1.165) is 21.6 Å². The predicted octanol–water partition coefficient (Wildman–Crippen LogP) is -1.52. The summed E-state index contributed by atoms with van der Waals surface area (Å²) >= 11 is 0. The fourth-order valence-electron chi connectivity index (χ4n) is 11.9. The average molecular weight is 1210 g/mol. The van der Waals surface area contributed by atoms with Crippen LogP contribution < -0.4 is 32.3 Å². The number of fused-ring (bicyclic) bond motifs is 3. The van der Waals surface area contributed by atoms with Gasteiger partial charge in [-0.3, -0.25) is 62.3 Å². The molecule has 1 aliphatic carbocycles. The molecular weight excluding hydrogens is 1140 g/mol. The molecule has 7 rings (SSSR count). The molecule has 4 heterocycles. The Labute approximate surface area is 500 Å². The van der Waals surface area contributed by atoms with Crippen LogP contribution >= 0.6 is 0 Å². The van der Waals surface area contributed by atoms with Crippen molar-refractivity contribution in [1.29, 1.82) is 0 Å². The van der Waals surface area contributed by atoms with Crippen molar-refractivity contribution in [2.24, 2.45) is 10.9 Å². The van der Waals surface area contributed by atoms with Gasteiger partial charge in [0.15, 0.2) is 0 Å². The van der Waals surface area contributed by atoms with Gasteiger partial charge < -0.3 is 77.2 Å². The summed E-state index contributed by atoms with van der Waals surface area (Å²) in [5, 5.41) is 55.7. The van der Waals surface area contributed by atoms with E-state index in [1.54, 1.807) is 0 Å². The van der Waals surface area contributed by atoms with Gasteiger partial charge in [0.05, 0.1) is 18.9 Å². The van der Waals surface area contributed by atoms with Gasteiger partial charge in [-0.2, -0.15) is 0 Å². The molecule has 4 saturated heterocycles. The molecule has 4 aliphatic heterocycles. The Morgan fingerprint density at radius 1 is 0.621 bits per heavy atom. The predicted molar refractivity (Wildman–Crippen MR) is 304 cm³/mol. The van der Waals surface area contributed by atoms with Crippen molar-refractivity contribution in [3.05, 3.63) is 59.2 Å². The van der Waals surface area contributed by atoms with Gasteiger partial charge in [-0.1, -0.05) is 41.6 Å². The monoisotopic (exact) mass is 1210 g/mol. The minimum Gasteiger partial charge on any atom is -0.481 e. The largest absolute Gasteiger partial charge is 0.481 e. The van der Waals surface area contributed by atoms with Crippen molar-refractivity contribution < 1.29 is 87.6 Å². The Morgan fingerprint density at radius 3 is 1.79 bits per heavy atom. The van der Waals surface area contributed by atoms with E-state index in [4.69, 9.17) is 15.7 Å². The molecule has 0 spiro atoms. The Morgan fingerprint density at radius 2 is 1.17 bits per heavy atom. The van der Waals surface area contributed by atoms with Gasteiger partial charge in [-0.25, -0.2) is 0 Å². The number of amides is 10. The van der Waals surface area contributed by atoms with Crippen LogP contribution in [0.2, 0.25) is 0 Å². The SMILES string of the molecule is CC(=O)N1CCC[C@H]1C(=O)N[C@@H](CCC(=O)O)C(=O)N1C[C@H](O/N=C/c2ccc3c(c2)Cc2ccccc2-3)C[C@H]1C(=O)N[C@H](C(=O)N[C@@H](C)C(=O)N1CCC[C@H]1C(=O)N1CCC[C@H]1C(=O)N[C@@H](CCC(=O)O)C(=O)N[C@@H](CCC(=O)O)C(N)=O)[C@@H](C)O. The summed E-state index contributed by atoms with van der Waals surface area (Å²) in [6.07, 6.45) is -1.99. The molecule has 0 radical (unpaired) electrons. The van der Waals surface area contributed by atoms with E-state index in [1.165, 1.54) is 47.2 Å². The summed E-state index contributed by atoms with van der Waals surface area (Å²) in [6.45, 7) is 3.87. The molecule has 29 heteroatoms. The van der Waals surface area contributed by atoms with Gasteiger partial charge in [-0.05, 0) is 112 Å². The van der Waals surface area contributed by atoms with Crippen LogP contribution in [-0.2, 0) is 73.6 Å². The van der Waals surface area contributed by atoms with Crippen molar-refractivity contribution in [1.82, 2.24) is 46.2 Å². The maximum absolute atomic E-state index is 14.7. The van der Waals surface area contributed by atoms with Crippen LogP contribution in [-0.4, -0.2) is 216 Å². The fourth-order valence-corrected chi connectivity index (χ4v) is 11.9. The fraction of sp³-hybridized carbons (Fsp3) is 0.552. The number of hydrogen-bond acceptors (Lipinski definition) is 16. The lowest BCUT2D eigenvalue weighted by Gasteiger charge is -2.33. The quantitative estimate of drug-likeness (QED) is 0.0306. The molecule has 2 aromatic rings. The van der Waals surface area contributed by atoms with E-state index in [9.17, 15) is 77.6 Å². The third-order valence-corrected chi connectivity index (χ3v) is 16.3. The van der Waals surface area contributed by atoms with E-state index in [2.05, 4.69) is 37.8 Å². The van der Waals surface area contributed by atoms with Gasteiger partial charge in [0.25, 0.3) is 0 Å². The van der Waals surface area contributed by atoms with Crippen LogP contribution in [0.1, 0.15) is 121 Å². The topological polar surface area (TPSA) is 424 Å². The molecule has 0 aromatic heterocycles. The number of nitrogens with one attached hydrogen (secondary N) is 5. The van der Waals surface area contributed by atoms with E-state index >= 15 is 0 Å². The van der Waals surface area contributed by atoms with E-state index in [1.807, 2.05) is 36.4 Å². The summed E-state index contributed by atoms with van der Waals surface area (Å²) in [7, 11) is 0. The summed E-state index contributed by atoms with van der Waals surface area (Å²) in [4.78, 5) is 182. The van der Waals surface area contributed by atoms with Crippen molar-refractivity contribution in [2.75, 3.05) is 26.2 Å². The minimum atomic E-state index is -1.77. The lowest BCUT2D eigenvalue weighted by molar-refractivity contribution is -0.148. The smallest absolute Gasteiger partial charge is 0.303 e. The molecule has 11 N–H and O–H groups in total. The molecular formula is C58H75N11O18. The van der Waals surface area contributed by atoms with Crippen LogP contribution in [0.25, 0.3) is 11.1 Å². The second-order valence-corrected chi connectivity index (χ2v) is 22.5. The molecule has 0 saturated carbocycles. The number of benzene rings is 2. The highest BCUT2D eigenvalue weighted by Gasteiger charge is 2.47. The highest BCUT2D eigenvalue weighted by molar-refractivity contribution is 5.99. The first-order chi connectivity index (χ1) is 41.3. The molecule has 0 bridgehead atoms. The molecule has 470 valence electrons. The number of carbonyl (C=O) groups excluding carboxylic acids is 10. The van der Waals surface area contributed by atoms with Crippen LogP contribution in [0.5, 0.6) is 0 Å². The molecule has 10 amide bonds. The Kier molecular flexibility index (Phi) is 22.1. The van der Waals surface area contributed by atoms with Gasteiger partial charge >= 0.3 is 17.9 Å². The number of oxime groups is 1. The Hall–Kier alpha value is -9.02. The first-order valence-electron chi connectivity index (χ1n) is 29.1. The zero-order valence-corrected chi connectivity index (χ0v) is 48.5. The summed E-state index contributed by atoms with van der Waals surface area (Å²) in [6, 6.07) is 1.36. The molecule has 29 nitrogen and oxygen atoms in total. The van der Waals surface area contributed by atoms with Crippen LogP contribution in [0.3, 0.4) is 0 Å². The summed E-state index contributed by atoms with van der Waals surface area (Å²) < 4.78 is 0. The zero-order valence-electron chi connectivity index (χ0n) is 48.5. The Bertz CT molecular complexity index is 3050. The van der Waals surface area contributed by atoms with Gasteiger partial charge in [0.1, 0.15) is 60.5 Å². The number of carboxylic acids is 3. The van der Waals surface area contributed by atoms with Crippen molar-refractivity contribution in [2.45, 2.75) is 177 Å². The average Bonchev–Trinajstić information content (AvgIpc) is 3.65. The molecule has 2 aromatic carbocycles. The van der Waals surface area contributed by atoms with Crippen molar-refractivity contribution in [3.8, 4) is 11.1 Å². The number of nitrogens with zero attached hydrogens (tertiary/aromatic N) is 5. The molecule has 4 fully saturated rings. The number of rotatable bonds is 27. The molecule has 5 aliphatic rings. The number of carbonyl (C=O) groups is 13. The molecule has 0 unspecified atom stereocenters. The third kappa shape index (κ3) is 16.5. The van der Waals surface area contributed by atoms with Crippen molar-refractivity contribution in [3.63, 3.8) is 0 Å². The van der Waals surface area contributed by atoms with E-state index in [0.29, 0.717) is 31.2 Å². The summed E-state index contributed by atoms with van der Waals surface area (Å²) in [5.41, 5.74) is 10.5. The van der Waals surface area contributed by atoms with Gasteiger partial charge in [-0.15, -0.1) is 0 Å². The van der Waals surface area contributed by atoms with Crippen LogP contribution in [0.4, 0.5) is 0 Å². The lowest BCUT2D eigenvalue weighted by atomic mass is 10.0. The number of carboxylic acid groups (broad SMARTS) is 3. The number of nitrogens with two attached hydrogens (primary N) is 1. The Balaban J connectivity index is 1.03. The normalized spacial score (nSPS) is 21.5. The lowest BCUT2D eigenvalue weighted by Crippen LogP contribution is -2.61. The zero-order chi connectivity index (χ0) is 63.4. The second-order valence-electron chi connectivity index (χ2n) is 22.5. The highest BCUT2D eigenvalue weighted by Crippen LogP contribution is 2.37. The number of aliphatic hydroxyl groups excluding tert-OH is 1. The van der Waals surface area contributed by atoms with E-state index in [-0.39, 0.29) is 57.8 Å². The van der Waals surface area contributed by atoms with Gasteiger partial charge in [0.2, 0.25) is 59.1 Å². The third-order valence-electron chi connectivity index (χ3n) is 16.3.